The zero-order chi connectivity index (χ0) is 12.6. The average Bonchev–Trinajstić information content (AvgIpc) is 2.69. The number of Topliss-reactive ketones (excluding diaryl/α,β-unsaturated/α-hetero) is 1. The lowest BCUT2D eigenvalue weighted by atomic mass is 9.78. The number of rotatable bonds is 2. The smallest absolute Gasteiger partial charge is 0.168 e. The fraction of sp³-hybridized carbons (Fsp3) is 0.400. The van der Waals surface area contributed by atoms with Crippen molar-refractivity contribution in [2.24, 2.45) is 11.3 Å². The van der Waals surface area contributed by atoms with E-state index < -0.39 is 0 Å². The first-order chi connectivity index (χ1) is 7.91. The number of carbonyl (C=O) groups is 1. The van der Waals surface area contributed by atoms with E-state index in [2.05, 4.69) is 25.8 Å². The molecule has 1 heterocycles. The van der Waals surface area contributed by atoms with Gasteiger partial charge in [-0.15, -0.1) is 0 Å². The van der Waals surface area contributed by atoms with E-state index >= 15 is 0 Å². The number of H-pyrrole nitrogens is 1. The van der Waals surface area contributed by atoms with Crippen LogP contribution < -0.4 is 0 Å². The van der Waals surface area contributed by atoms with Crippen LogP contribution in [0.1, 0.15) is 38.1 Å². The summed E-state index contributed by atoms with van der Waals surface area (Å²) in [5.41, 5.74) is 1.83. The van der Waals surface area contributed by atoms with Crippen LogP contribution in [0.5, 0.6) is 0 Å². The largest absolute Gasteiger partial charge is 0.360 e. The summed E-state index contributed by atoms with van der Waals surface area (Å²) in [5.74, 6) is 0.233. The van der Waals surface area contributed by atoms with Crippen molar-refractivity contribution < 1.29 is 4.79 Å². The van der Waals surface area contributed by atoms with Crippen LogP contribution in [0.4, 0.5) is 0 Å². The molecule has 90 valence electrons. The van der Waals surface area contributed by atoms with Crippen LogP contribution in [-0.4, -0.2) is 10.8 Å². The molecule has 1 atom stereocenters. The SMILES string of the molecule is C[C@H](C(=O)c1c[nH]c2ccccc12)C(C)(C)C. The number of para-hydroxylation sites is 1. The Labute approximate surface area is 102 Å². The Kier molecular flexibility index (Phi) is 2.82. The maximum absolute atomic E-state index is 12.4. The van der Waals surface area contributed by atoms with Gasteiger partial charge in [0, 0.05) is 28.6 Å². The summed E-state index contributed by atoms with van der Waals surface area (Å²) in [6.07, 6.45) is 1.83. The molecule has 2 rings (SSSR count). The number of benzene rings is 1. The molecular weight excluding hydrogens is 210 g/mol. The number of nitrogens with one attached hydrogen (secondary N) is 1. The molecule has 1 aromatic heterocycles. The van der Waals surface area contributed by atoms with Gasteiger partial charge < -0.3 is 4.98 Å². The van der Waals surface area contributed by atoms with E-state index in [0.29, 0.717) is 0 Å². The number of fused-ring (bicyclic) bond motifs is 1. The van der Waals surface area contributed by atoms with Gasteiger partial charge in [0.1, 0.15) is 0 Å². The number of hydrogen-bond donors (Lipinski definition) is 1. The average molecular weight is 229 g/mol. The van der Waals surface area contributed by atoms with Crippen molar-refractivity contribution in [3.8, 4) is 0 Å². The molecule has 0 aliphatic heterocycles. The molecule has 1 aromatic carbocycles. The van der Waals surface area contributed by atoms with E-state index in [1.165, 1.54) is 0 Å². The van der Waals surface area contributed by atoms with Crippen molar-refractivity contribution in [3.05, 3.63) is 36.0 Å². The summed E-state index contributed by atoms with van der Waals surface area (Å²) in [4.78, 5) is 15.6. The molecule has 0 bridgehead atoms. The zero-order valence-electron chi connectivity index (χ0n) is 10.9. The fourth-order valence-corrected chi connectivity index (χ4v) is 1.90. The van der Waals surface area contributed by atoms with Crippen LogP contribution in [-0.2, 0) is 0 Å². The molecule has 1 N–H and O–H groups in total. The lowest BCUT2D eigenvalue weighted by Crippen LogP contribution is -2.25. The molecule has 0 radical (unpaired) electrons. The molecule has 2 nitrogen and oxygen atoms in total. The highest BCUT2D eigenvalue weighted by atomic mass is 16.1. The van der Waals surface area contributed by atoms with Gasteiger partial charge in [0.15, 0.2) is 5.78 Å². The molecule has 0 unspecified atom stereocenters. The number of carbonyl (C=O) groups excluding carboxylic acids is 1. The predicted molar refractivity (Wildman–Crippen MR) is 71.2 cm³/mol. The summed E-state index contributed by atoms with van der Waals surface area (Å²) < 4.78 is 0. The first-order valence-corrected chi connectivity index (χ1v) is 6.01. The number of ketones is 1. The van der Waals surface area contributed by atoms with Crippen LogP contribution in [0.2, 0.25) is 0 Å². The van der Waals surface area contributed by atoms with Crippen molar-refractivity contribution in [2.45, 2.75) is 27.7 Å². The third-order valence-electron chi connectivity index (χ3n) is 3.55. The van der Waals surface area contributed by atoms with Crippen molar-refractivity contribution >= 4 is 16.7 Å². The highest BCUT2D eigenvalue weighted by Crippen LogP contribution is 2.30. The first-order valence-electron chi connectivity index (χ1n) is 6.01. The Morgan fingerprint density at radius 3 is 2.53 bits per heavy atom. The summed E-state index contributed by atoms with van der Waals surface area (Å²) >= 11 is 0. The first kappa shape index (κ1) is 11.9. The Balaban J connectivity index is 2.44. The topological polar surface area (TPSA) is 32.9 Å². The van der Waals surface area contributed by atoms with Crippen LogP contribution in [0.3, 0.4) is 0 Å². The molecule has 0 fully saturated rings. The Morgan fingerprint density at radius 1 is 1.24 bits per heavy atom. The van der Waals surface area contributed by atoms with Gasteiger partial charge in [0.05, 0.1) is 0 Å². The summed E-state index contributed by atoms with van der Waals surface area (Å²) in [6, 6.07) is 7.93. The van der Waals surface area contributed by atoms with Gasteiger partial charge in [-0.3, -0.25) is 4.79 Å². The van der Waals surface area contributed by atoms with Gasteiger partial charge in [-0.2, -0.15) is 0 Å². The number of aromatic amines is 1. The van der Waals surface area contributed by atoms with E-state index in [9.17, 15) is 4.79 Å². The van der Waals surface area contributed by atoms with Crippen molar-refractivity contribution in [2.75, 3.05) is 0 Å². The molecule has 0 saturated carbocycles. The fourth-order valence-electron chi connectivity index (χ4n) is 1.90. The second-order valence-corrected chi connectivity index (χ2v) is 5.70. The minimum absolute atomic E-state index is 0.00451. The van der Waals surface area contributed by atoms with Crippen LogP contribution >= 0.6 is 0 Å². The molecule has 2 heteroatoms. The summed E-state index contributed by atoms with van der Waals surface area (Å²) in [6.45, 7) is 8.31. The zero-order valence-corrected chi connectivity index (χ0v) is 10.9. The second-order valence-electron chi connectivity index (χ2n) is 5.70. The molecule has 0 spiro atoms. The lowest BCUT2D eigenvalue weighted by Gasteiger charge is -2.25. The lowest BCUT2D eigenvalue weighted by molar-refractivity contribution is 0.0841. The van der Waals surface area contributed by atoms with Crippen molar-refractivity contribution in [1.82, 2.24) is 4.98 Å². The summed E-state index contributed by atoms with van der Waals surface area (Å²) in [5, 5.41) is 1.02. The standard InChI is InChI=1S/C15H19NO/c1-10(15(2,3)4)14(17)12-9-16-13-8-6-5-7-11(12)13/h5-10,16H,1-4H3/t10-/m1/s1. The quantitative estimate of drug-likeness (QED) is 0.775. The van der Waals surface area contributed by atoms with Gasteiger partial charge in [0.2, 0.25) is 0 Å². The minimum atomic E-state index is -0.00451. The van der Waals surface area contributed by atoms with E-state index in [-0.39, 0.29) is 17.1 Å². The molecule has 0 amide bonds. The van der Waals surface area contributed by atoms with E-state index in [1.807, 2.05) is 37.4 Å². The highest BCUT2D eigenvalue weighted by Gasteiger charge is 2.28. The summed E-state index contributed by atoms with van der Waals surface area (Å²) in [7, 11) is 0. The number of hydrogen-bond acceptors (Lipinski definition) is 1. The van der Waals surface area contributed by atoms with E-state index in [0.717, 1.165) is 16.5 Å². The molecule has 0 aliphatic rings. The minimum Gasteiger partial charge on any atom is -0.360 e. The third kappa shape index (κ3) is 2.12. The monoisotopic (exact) mass is 229 g/mol. The van der Waals surface area contributed by atoms with Gasteiger partial charge in [-0.1, -0.05) is 45.9 Å². The molecule has 2 aromatic rings. The normalized spacial score (nSPS) is 13.9. The molecule has 17 heavy (non-hydrogen) atoms. The molecular formula is C15H19NO. The predicted octanol–water partition coefficient (Wildman–Crippen LogP) is 4.03. The molecule has 0 saturated heterocycles. The Bertz CT molecular complexity index is 545. The van der Waals surface area contributed by atoms with E-state index in [1.54, 1.807) is 0 Å². The van der Waals surface area contributed by atoms with Crippen LogP contribution in [0.25, 0.3) is 10.9 Å². The van der Waals surface area contributed by atoms with Gasteiger partial charge in [-0.05, 0) is 11.5 Å². The third-order valence-corrected chi connectivity index (χ3v) is 3.55. The highest BCUT2D eigenvalue weighted by molar-refractivity contribution is 6.08. The van der Waals surface area contributed by atoms with Gasteiger partial charge in [0.25, 0.3) is 0 Å². The van der Waals surface area contributed by atoms with Gasteiger partial charge >= 0.3 is 0 Å². The van der Waals surface area contributed by atoms with Gasteiger partial charge in [-0.25, -0.2) is 0 Å². The maximum Gasteiger partial charge on any atom is 0.168 e. The number of aromatic nitrogens is 1. The Hall–Kier alpha value is -1.57. The second kappa shape index (κ2) is 4.02. The van der Waals surface area contributed by atoms with Crippen molar-refractivity contribution in [1.29, 1.82) is 0 Å². The van der Waals surface area contributed by atoms with Crippen molar-refractivity contribution in [3.63, 3.8) is 0 Å². The van der Waals surface area contributed by atoms with Crippen LogP contribution in [0.15, 0.2) is 30.5 Å². The Morgan fingerprint density at radius 2 is 1.88 bits per heavy atom. The van der Waals surface area contributed by atoms with Crippen LogP contribution in [0, 0.1) is 11.3 Å². The maximum atomic E-state index is 12.4. The molecule has 0 aliphatic carbocycles. The van der Waals surface area contributed by atoms with E-state index in [4.69, 9.17) is 0 Å².